The number of rotatable bonds is 9. The summed E-state index contributed by atoms with van der Waals surface area (Å²) in [6.45, 7) is 4.30. The molecule has 1 aromatic carbocycles. The number of amides is 1. The van der Waals surface area contributed by atoms with Crippen LogP contribution in [-0.2, 0) is 11.2 Å². The number of anilines is 1. The quantitative estimate of drug-likeness (QED) is 0.428. The zero-order valence-electron chi connectivity index (χ0n) is 17.7. The van der Waals surface area contributed by atoms with E-state index >= 15 is 0 Å². The Bertz CT molecular complexity index is 1060. The van der Waals surface area contributed by atoms with Gasteiger partial charge < -0.3 is 9.47 Å². The topological polar surface area (TPSA) is 74.8 Å². The van der Waals surface area contributed by atoms with Gasteiger partial charge in [0, 0.05) is 29.6 Å². The maximum absolute atomic E-state index is 13.3. The summed E-state index contributed by atoms with van der Waals surface area (Å²) >= 11 is 3.18. The van der Waals surface area contributed by atoms with Crippen molar-refractivity contribution in [2.75, 3.05) is 11.4 Å². The second-order valence-electron chi connectivity index (χ2n) is 7.75. The van der Waals surface area contributed by atoms with Crippen LogP contribution in [0.1, 0.15) is 48.5 Å². The number of aromatic nitrogens is 3. The van der Waals surface area contributed by atoms with Gasteiger partial charge in [0.15, 0.2) is 5.16 Å². The van der Waals surface area contributed by atoms with Gasteiger partial charge in [-0.15, -0.1) is 21.5 Å². The Labute approximate surface area is 190 Å². The van der Waals surface area contributed by atoms with Crippen molar-refractivity contribution in [1.29, 1.82) is 5.26 Å². The molecule has 1 aliphatic rings. The van der Waals surface area contributed by atoms with Crippen molar-refractivity contribution in [1.82, 2.24) is 14.8 Å². The molecule has 2 aromatic heterocycles. The molecule has 0 spiro atoms. The Morgan fingerprint density at radius 2 is 2.10 bits per heavy atom. The lowest BCUT2D eigenvalue weighted by atomic mass is 10.2. The molecular formula is C23H25N5OS2. The molecule has 1 unspecified atom stereocenters. The SMILES string of the molecule is Cc1ccc(N(CCC#N)C(=O)C(C)Sc2nnc(Cc3cccs3)n2C2CC2)cc1. The molecule has 1 amide bonds. The maximum atomic E-state index is 13.3. The van der Waals surface area contributed by atoms with Crippen molar-refractivity contribution >= 4 is 34.7 Å². The number of carbonyl (C=O) groups is 1. The molecule has 0 N–H and O–H groups in total. The first-order chi connectivity index (χ1) is 15.1. The lowest BCUT2D eigenvalue weighted by Gasteiger charge is -2.25. The summed E-state index contributed by atoms with van der Waals surface area (Å²) in [5.74, 6) is 0.946. The molecule has 3 aromatic rings. The first kappa shape index (κ1) is 21.6. The summed E-state index contributed by atoms with van der Waals surface area (Å²) in [6, 6.07) is 14.6. The number of nitrogens with zero attached hydrogens (tertiary/aromatic N) is 5. The number of thioether (sulfide) groups is 1. The van der Waals surface area contributed by atoms with Crippen molar-refractivity contribution in [3.63, 3.8) is 0 Å². The average Bonchev–Trinajstić information content (AvgIpc) is 3.32. The largest absolute Gasteiger partial charge is 0.310 e. The van der Waals surface area contributed by atoms with Gasteiger partial charge in [-0.1, -0.05) is 35.5 Å². The highest BCUT2D eigenvalue weighted by molar-refractivity contribution is 8.00. The molecule has 1 aliphatic carbocycles. The van der Waals surface area contributed by atoms with Crippen LogP contribution in [0.3, 0.4) is 0 Å². The minimum atomic E-state index is -0.337. The number of nitriles is 1. The Morgan fingerprint density at radius 1 is 1.32 bits per heavy atom. The van der Waals surface area contributed by atoms with Gasteiger partial charge in [-0.2, -0.15) is 5.26 Å². The lowest BCUT2D eigenvalue weighted by Crippen LogP contribution is -2.37. The summed E-state index contributed by atoms with van der Waals surface area (Å²) in [5.41, 5.74) is 1.95. The highest BCUT2D eigenvalue weighted by Gasteiger charge is 2.32. The molecular weight excluding hydrogens is 426 g/mol. The van der Waals surface area contributed by atoms with Crippen LogP contribution < -0.4 is 4.90 Å². The summed E-state index contributed by atoms with van der Waals surface area (Å²) < 4.78 is 2.22. The molecule has 1 fully saturated rings. The van der Waals surface area contributed by atoms with E-state index in [1.54, 1.807) is 16.2 Å². The molecule has 31 heavy (non-hydrogen) atoms. The summed E-state index contributed by atoms with van der Waals surface area (Å²) in [4.78, 5) is 16.3. The second-order valence-corrected chi connectivity index (χ2v) is 10.1. The number of thiophene rings is 1. The van der Waals surface area contributed by atoms with Crippen LogP contribution in [-0.4, -0.2) is 32.5 Å². The Balaban J connectivity index is 1.52. The van der Waals surface area contributed by atoms with Crippen LogP contribution in [0.25, 0.3) is 0 Å². The van der Waals surface area contributed by atoms with Crippen molar-refractivity contribution in [3.05, 3.63) is 58.0 Å². The average molecular weight is 452 g/mol. The zero-order chi connectivity index (χ0) is 21.8. The van der Waals surface area contributed by atoms with E-state index < -0.39 is 0 Å². The van der Waals surface area contributed by atoms with Gasteiger partial charge in [0.1, 0.15) is 5.82 Å². The van der Waals surface area contributed by atoms with E-state index in [9.17, 15) is 4.79 Å². The molecule has 8 heteroatoms. The normalized spacial score (nSPS) is 14.2. The number of aryl methyl sites for hydroxylation is 1. The van der Waals surface area contributed by atoms with E-state index in [4.69, 9.17) is 5.26 Å². The van der Waals surface area contributed by atoms with Crippen LogP contribution in [0.4, 0.5) is 5.69 Å². The van der Waals surface area contributed by atoms with Gasteiger partial charge in [-0.25, -0.2) is 0 Å². The lowest BCUT2D eigenvalue weighted by molar-refractivity contribution is -0.117. The van der Waals surface area contributed by atoms with Crippen molar-refractivity contribution in [2.24, 2.45) is 0 Å². The Kier molecular flexibility index (Phi) is 6.73. The molecule has 2 heterocycles. The Morgan fingerprint density at radius 3 is 2.74 bits per heavy atom. The molecule has 6 nitrogen and oxygen atoms in total. The summed E-state index contributed by atoms with van der Waals surface area (Å²) in [5, 5.41) is 20.5. The van der Waals surface area contributed by atoms with Gasteiger partial charge in [-0.05, 0) is 50.3 Å². The minimum Gasteiger partial charge on any atom is -0.310 e. The molecule has 160 valence electrons. The van der Waals surface area contributed by atoms with Crippen molar-refractivity contribution in [2.45, 2.75) is 56.0 Å². The fourth-order valence-electron chi connectivity index (χ4n) is 3.46. The number of benzene rings is 1. The van der Waals surface area contributed by atoms with Crippen molar-refractivity contribution < 1.29 is 4.79 Å². The third-order valence-corrected chi connectivity index (χ3v) is 7.17. The molecule has 1 atom stereocenters. The predicted octanol–water partition coefficient (Wildman–Crippen LogP) is 5.00. The Hall–Kier alpha value is -2.63. The monoisotopic (exact) mass is 451 g/mol. The zero-order valence-corrected chi connectivity index (χ0v) is 19.3. The first-order valence-electron chi connectivity index (χ1n) is 10.4. The predicted molar refractivity (Wildman–Crippen MR) is 124 cm³/mol. The highest BCUT2D eigenvalue weighted by atomic mass is 32.2. The molecule has 0 bridgehead atoms. The van der Waals surface area contributed by atoms with Crippen molar-refractivity contribution in [3.8, 4) is 6.07 Å². The first-order valence-corrected chi connectivity index (χ1v) is 12.2. The van der Waals surface area contributed by atoms with E-state index in [-0.39, 0.29) is 11.2 Å². The molecule has 0 radical (unpaired) electrons. The van der Waals surface area contributed by atoms with Crippen LogP contribution in [0.2, 0.25) is 0 Å². The van der Waals surface area contributed by atoms with Gasteiger partial charge in [-0.3, -0.25) is 4.79 Å². The van der Waals surface area contributed by atoms with E-state index in [0.29, 0.717) is 19.0 Å². The van der Waals surface area contributed by atoms with Gasteiger partial charge in [0.25, 0.3) is 0 Å². The number of hydrogen-bond donors (Lipinski definition) is 0. The second kappa shape index (κ2) is 9.67. The number of hydrogen-bond acceptors (Lipinski definition) is 6. The highest BCUT2D eigenvalue weighted by Crippen LogP contribution is 2.40. The van der Waals surface area contributed by atoms with E-state index in [0.717, 1.165) is 41.5 Å². The van der Waals surface area contributed by atoms with E-state index in [2.05, 4.69) is 38.3 Å². The number of carbonyl (C=O) groups excluding carboxylic acids is 1. The van der Waals surface area contributed by atoms with Gasteiger partial charge in [0.2, 0.25) is 5.91 Å². The summed E-state index contributed by atoms with van der Waals surface area (Å²) in [7, 11) is 0. The van der Waals surface area contributed by atoms with Crippen LogP contribution in [0.5, 0.6) is 0 Å². The summed E-state index contributed by atoms with van der Waals surface area (Å²) in [6.07, 6.45) is 3.31. The van der Waals surface area contributed by atoms with Crippen LogP contribution >= 0.6 is 23.1 Å². The van der Waals surface area contributed by atoms with Gasteiger partial charge >= 0.3 is 0 Å². The fraction of sp³-hybridized carbons (Fsp3) is 0.391. The van der Waals surface area contributed by atoms with E-state index in [1.165, 1.54) is 16.6 Å². The van der Waals surface area contributed by atoms with Gasteiger partial charge in [0.05, 0.1) is 17.7 Å². The fourth-order valence-corrected chi connectivity index (χ4v) is 5.16. The molecule has 0 saturated heterocycles. The smallest absolute Gasteiger partial charge is 0.240 e. The molecule has 1 saturated carbocycles. The van der Waals surface area contributed by atoms with Crippen LogP contribution in [0.15, 0.2) is 46.9 Å². The third kappa shape index (κ3) is 5.17. The maximum Gasteiger partial charge on any atom is 0.240 e. The molecule has 4 rings (SSSR count). The van der Waals surface area contributed by atoms with E-state index in [1.807, 2.05) is 38.1 Å². The molecule has 0 aliphatic heterocycles. The third-order valence-electron chi connectivity index (χ3n) is 5.25. The standard InChI is InChI=1S/C23H25N5OS2/c1-16-6-8-18(9-7-16)27(13-4-12-24)22(29)17(2)31-23-26-25-21(28(23)19-10-11-19)15-20-5-3-14-30-20/h3,5-9,14,17,19H,4,10-11,13,15H2,1-2H3. The van der Waals surface area contributed by atoms with Crippen LogP contribution in [0, 0.1) is 18.3 Å². The minimum absolute atomic E-state index is 0.0192.